The molecule has 4 aliphatic rings. The number of benzene rings is 2. The molecular formula is C32H40ClNO5. The van der Waals surface area contributed by atoms with E-state index in [1.165, 1.54) is 43.3 Å². The molecular weight excluding hydrogens is 514 g/mol. The number of esters is 1. The molecule has 39 heavy (non-hydrogen) atoms. The Morgan fingerprint density at radius 2 is 1.21 bits per heavy atom. The lowest BCUT2D eigenvalue weighted by Gasteiger charge is -2.47. The van der Waals surface area contributed by atoms with Crippen LogP contribution in [0.15, 0.2) is 60.7 Å². The Hall–Kier alpha value is -2.57. The zero-order valence-corrected chi connectivity index (χ0v) is 23.4. The van der Waals surface area contributed by atoms with Gasteiger partial charge in [-0.05, 0) is 25.7 Å². The van der Waals surface area contributed by atoms with Crippen LogP contribution >= 0.6 is 0 Å². The van der Waals surface area contributed by atoms with Crippen LogP contribution in [0.25, 0.3) is 0 Å². The van der Waals surface area contributed by atoms with Gasteiger partial charge in [-0.1, -0.05) is 67.1 Å². The zero-order valence-electron chi connectivity index (χ0n) is 22.6. The lowest BCUT2D eigenvalue weighted by Crippen LogP contribution is -3.00. The van der Waals surface area contributed by atoms with Crippen LogP contribution in [0, 0.1) is 0 Å². The van der Waals surface area contributed by atoms with E-state index in [0.717, 1.165) is 44.9 Å². The van der Waals surface area contributed by atoms with Crippen molar-refractivity contribution in [1.82, 2.24) is 0 Å². The average molecular weight is 554 g/mol. The SMILES string of the molecule is O=C(OC1CCCCC1)OC(C(=O)OC1CC2CCC(C1)[N+]21CCCC1)(c1ccccc1)c1ccccc1.[Cl-]. The maximum atomic E-state index is 14.3. The molecule has 210 valence electrons. The van der Waals surface area contributed by atoms with Gasteiger partial charge in [0.15, 0.2) is 0 Å². The Morgan fingerprint density at radius 1 is 0.667 bits per heavy atom. The molecule has 3 aliphatic heterocycles. The minimum Gasteiger partial charge on any atom is -1.00 e. The third-order valence-corrected chi connectivity index (χ3v) is 9.73. The van der Waals surface area contributed by atoms with E-state index in [1.807, 2.05) is 60.7 Å². The van der Waals surface area contributed by atoms with Gasteiger partial charge >= 0.3 is 12.1 Å². The minimum atomic E-state index is -1.73. The van der Waals surface area contributed by atoms with Gasteiger partial charge in [0.2, 0.25) is 0 Å². The molecule has 2 aromatic carbocycles. The van der Waals surface area contributed by atoms with E-state index in [0.29, 0.717) is 23.2 Å². The number of nitrogens with zero attached hydrogens (tertiary/aromatic N) is 1. The summed E-state index contributed by atoms with van der Waals surface area (Å²) in [6.07, 6.45) is 10.5. The fraction of sp³-hybridized carbons (Fsp3) is 0.562. The molecule has 4 fully saturated rings. The quantitative estimate of drug-likeness (QED) is 0.406. The molecule has 2 bridgehead atoms. The highest BCUT2D eigenvalue weighted by Crippen LogP contribution is 2.47. The highest BCUT2D eigenvalue weighted by atomic mass is 35.5. The van der Waals surface area contributed by atoms with Crippen molar-refractivity contribution in [3.05, 3.63) is 71.8 Å². The van der Waals surface area contributed by atoms with Crippen molar-refractivity contribution in [3.63, 3.8) is 0 Å². The van der Waals surface area contributed by atoms with Gasteiger partial charge in [-0.2, -0.15) is 0 Å². The van der Waals surface area contributed by atoms with Crippen LogP contribution in [-0.4, -0.2) is 54.0 Å². The normalized spacial score (nSPS) is 26.0. The molecule has 3 saturated heterocycles. The Labute approximate surface area is 238 Å². The molecule has 2 unspecified atom stereocenters. The van der Waals surface area contributed by atoms with Crippen molar-refractivity contribution in [2.45, 2.75) is 101 Å². The summed E-state index contributed by atoms with van der Waals surface area (Å²) in [7, 11) is 0. The van der Waals surface area contributed by atoms with Gasteiger partial charge in [0, 0.05) is 49.7 Å². The van der Waals surface area contributed by atoms with Gasteiger partial charge < -0.3 is 31.1 Å². The minimum absolute atomic E-state index is 0. The molecule has 2 aromatic rings. The number of carbonyl (C=O) groups is 2. The molecule has 3 heterocycles. The molecule has 0 N–H and O–H groups in total. The molecule has 7 heteroatoms. The Balaban J connectivity index is 0.00000308. The first-order valence-corrected chi connectivity index (χ1v) is 14.7. The Morgan fingerprint density at radius 3 is 1.74 bits per heavy atom. The fourth-order valence-electron chi connectivity index (χ4n) is 7.92. The fourth-order valence-corrected chi connectivity index (χ4v) is 7.92. The van der Waals surface area contributed by atoms with Crippen LogP contribution in [-0.2, 0) is 24.6 Å². The van der Waals surface area contributed by atoms with Gasteiger partial charge in [0.25, 0.3) is 5.60 Å². The third-order valence-electron chi connectivity index (χ3n) is 9.73. The van der Waals surface area contributed by atoms with E-state index in [1.54, 1.807) is 0 Å². The predicted molar refractivity (Wildman–Crippen MR) is 143 cm³/mol. The second-order valence-corrected chi connectivity index (χ2v) is 11.8. The summed E-state index contributed by atoms with van der Waals surface area (Å²) in [6, 6.07) is 19.7. The van der Waals surface area contributed by atoms with E-state index in [2.05, 4.69) is 0 Å². The molecule has 1 spiro atoms. The maximum Gasteiger partial charge on any atom is 0.510 e. The molecule has 1 aliphatic carbocycles. The van der Waals surface area contributed by atoms with Crippen LogP contribution in [0.3, 0.4) is 0 Å². The number of ether oxygens (including phenoxy) is 3. The summed E-state index contributed by atoms with van der Waals surface area (Å²) >= 11 is 0. The van der Waals surface area contributed by atoms with Gasteiger partial charge in [-0.25, -0.2) is 9.59 Å². The summed E-state index contributed by atoms with van der Waals surface area (Å²) in [5, 5.41) is 0. The van der Waals surface area contributed by atoms with E-state index < -0.39 is 17.7 Å². The molecule has 1 saturated carbocycles. The van der Waals surface area contributed by atoms with E-state index in [4.69, 9.17) is 14.2 Å². The predicted octanol–water partition coefficient (Wildman–Crippen LogP) is 3.27. The lowest BCUT2D eigenvalue weighted by molar-refractivity contribution is -0.956. The molecule has 0 radical (unpaired) electrons. The second-order valence-electron chi connectivity index (χ2n) is 11.8. The standard InChI is InChI=1S/C32H40NO5.ClH/c34-30(36-29-22-26-18-19-27(23-29)33(26)20-10-11-21-33)32(24-12-4-1-5-13-24,25-14-6-2-7-15-25)38-31(35)37-28-16-8-3-9-17-28;/h1-2,4-7,12-15,26-29H,3,8-11,16-23H2;1H/q+1;/p-1. The van der Waals surface area contributed by atoms with Crippen molar-refractivity contribution in [3.8, 4) is 0 Å². The molecule has 6 nitrogen and oxygen atoms in total. The molecule has 0 aromatic heterocycles. The number of carbonyl (C=O) groups excluding carboxylic acids is 2. The van der Waals surface area contributed by atoms with Crippen LogP contribution in [0.2, 0.25) is 0 Å². The summed E-state index contributed by atoms with van der Waals surface area (Å²) < 4.78 is 19.5. The molecule has 2 atom stereocenters. The number of piperidine rings is 1. The van der Waals surface area contributed by atoms with Crippen LogP contribution in [0.4, 0.5) is 4.79 Å². The summed E-state index contributed by atoms with van der Waals surface area (Å²) in [5.74, 6) is -0.533. The van der Waals surface area contributed by atoms with Crippen molar-refractivity contribution in [2.75, 3.05) is 13.1 Å². The number of quaternary nitrogens is 1. The first-order chi connectivity index (χ1) is 18.6. The van der Waals surface area contributed by atoms with Crippen molar-refractivity contribution < 1.29 is 40.7 Å². The molecule has 0 amide bonds. The number of halogens is 1. The van der Waals surface area contributed by atoms with Crippen molar-refractivity contribution in [1.29, 1.82) is 0 Å². The lowest BCUT2D eigenvalue weighted by atomic mass is 9.85. The topological polar surface area (TPSA) is 61.8 Å². The van der Waals surface area contributed by atoms with Crippen LogP contribution < -0.4 is 12.4 Å². The van der Waals surface area contributed by atoms with Gasteiger partial charge in [-0.3, -0.25) is 0 Å². The Bertz CT molecular complexity index is 1060. The first kappa shape index (κ1) is 28.0. The van der Waals surface area contributed by atoms with E-state index in [9.17, 15) is 9.59 Å². The third kappa shape index (κ3) is 5.30. The largest absolute Gasteiger partial charge is 1.00 e. The number of hydrogen-bond acceptors (Lipinski definition) is 5. The summed E-state index contributed by atoms with van der Waals surface area (Å²) in [4.78, 5) is 27.6. The van der Waals surface area contributed by atoms with Gasteiger partial charge in [0.1, 0.15) is 12.2 Å². The van der Waals surface area contributed by atoms with Crippen LogP contribution in [0.5, 0.6) is 0 Å². The van der Waals surface area contributed by atoms with Gasteiger partial charge in [0.05, 0.1) is 25.2 Å². The van der Waals surface area contributed by atoms with Gasteiger partial charge in [-0.15, -0.1) is 0 Å². The Kier molecular flexibility index (Phi) is 8.53. The summed E-state index contributed by atoms with van der Waals surface area (Å²) in [5.41, 5.74) is -0.595. The maximum absolute atomic E-state index is 14.3. The summed E-state index contributed by atoms with van der Waals surface area (Å²) in [6.45, 7) is 2.54. The zero-order chi connectivity index (χ0) is 26.0. The monoisotopic (exact) mass is 553 g/mol. The smallest absolute Gasteiger partial charge is 0.510 e. The first-order valence-electron chi connectivity index (χ1n) is 14.7. The van der Waals surface area contributed by atoms with Crippen molar-refractivity contribution in [2.24, 2.45) is 0 Å². The van der Waals surface area contributed by atoms with E-state index in [-0.39, 0.29) is 24.6 Å². The second kappa shape index (κ2) is 11.9. The highest BCUT2D eigenvalue weighted by Gasteiger charge is 2.57. The van der Waals surface area contributed by atoms with Crippen molar-refractivity contribution >= 4 is 12.1 Å². The molecule has 6 rings (SSSR count). The average Bonchev–Trinajstić information content (AvgIpc) is 3.49. The van der Waals surface area contributed by atoms with Crippen LogP contribution in [0.1, 0.15) is 81.8 Å². The number of rotatable bonds is 6. The number of hydrogen-bond donors (Lipinski definition) is 0. The highest BCUT2D eigenvalue weighted by molar-refractivity contribution is 5.88. The van der Waals surface area contributed by atoms with E-state index >= 15 is 0 Å².